The monoisotopic (exact) mass is 263 g/mol. The Kier molecular flexibility index (Phi) is 2.59. The van der Waals surface area contributed by atoms with Crippen LogP contribution in [0.2, 0.25) is 5.02 Å². The first-order chi connectivity index (χ1) is 8.61. The van der Waals surface area contributed by atoms with Crippen LogP contribution in [0.4, 0.5) is 0 Å². The summed E-state index contributed by atoms with van der Waals surface area (Å²) >= 11 is 6.08. The third-order valence-corrected chi connectivity index (χ3v) is 3.69. The topological polar surface area (TPSA) is 42.1 Å². The third kappa shape index (κ3) is 1.70. The molecule has 0 saturated heterocycles. The van der Waals surface area contributed by atoms with E-state index < -0.39 is 0 Å². The number of hydrogen-bond acceptors (Lipinski definition) is 2. The highest BCUT2D eigenvalue weighted by atomic mass is 35.5. The van der Waals surface area contributed by atoms with Crippen LogP contribution in [0.1, 0.15) is 40.4 Å². The maximum absolute atomic E-state index is 12.0. The number of aromatic nitrogens is 1. The van der Waals surface area contributed by atoms with Crippen molar-refractivity contribution in [3.05, 3.63) is 34.0 Å². The van der Waals surface area contributed by atoms with E-state index in [0.717, 1.165) is 35.0 Å². The Morgan fingerprint density at radius 3 is 2.78 bits per heavy atom. The maximum Gasteiger partial charge on any atom is 0.340 e. The van der Waals surface area contributed by atoms with Gasteiger partial charge in [-0.05, 0) is 43.4 Å². The number of hydrogen-bond donors (Lipinski definition) is 1. The highest BCUT2D eigenvalue weighted by Gasteiger charge is 2.32. The van der Waals surface area contributed by atoms with E-state index >= 15 is 0 Å². The van der Waals surface area contributed by atoms with Gasteiger partial charge in [-0.3, -0.25) is 0 Å². The van der Waals surface area contributed by atoms with Crippen molar-refractivity contribution < 1.29 is 9.53 Å². The van der Waals surface area contributed by atoms with Crippen LogP contribution in [-0.4, -0.2) is 18.1 Å². The van der Waals surface area contributed by atoms with Crippen molar-refractivity contribution in [2.45, 2.75) is 25.7 Å². The number of nitrogens with one attached hydrogen (secondary N) is 1. The highest BCUT2D eigenvalue weighted by Crippen LogP contribution is 2.44. The number of fused-ring (bicyclic) bond motifs is 1. The van der Waals surface area contributed by atoms with E-state index in [2.05, 4.69) is 4.98 Å². The number of esters is 1. The minimum atomic E-state index is -0.287. The van der Waals surface area contributed by atoms with Crippen molar-refractivity contribution in [2.75, 3.05) is 7.11 Å². The van der Waals surface area contributed by atoms with Crippen molar-refractivity contribution in [3.63, 3.8) is 0 Å². The van der Waals surface area contributed by atoms with Crippen LogP contribution < -0.4 is 0 Å². The molecular formula is C14H14ClNO2. The maximum atomic E-state index is 12.0. The number of halogens is 1. The number of carbonyl (C=O) groups is 1. The molecule has 3 nitrogen and oxygen atoms in total. The highest BCUT2D eigenvalue weighted by molar-refractivity contribution is 6.31. The van der Waals surface area contributed by atoms with Gasteiger partial charge in [0.05, 0.1) is 12.7 Å². The lowest BCUT2D eigenvalue weighted by Gasteiger charge is -2.01. The molecule has 0 radical (unpaired) electrons. The van der Waals surface area contributed by atoms with Crippen molar-refractivity contribution in [3.8, 4) is 0 Å². The Morgan fingerprint density at radius 1 is 1.44 bits per heavy atom. The zero-order valence-corrected chi connectivity index (χ0v) is 11.1. The Hall–Kier alpha value is -1.48. The summed E-state index contributed by atoms with van der Waals surface area (Å²) in [6.07, 6.45) is 2.26. The zero-order valence-electron chi connectivity index (χ0n) is 10.3. The van der Waals surface area contributed by atoms with Gasteiger partial charge in [-0.2, -0.15) is 0 Å². The van der Waals surface area contributed by atoms with Crippen LogP contribution in [0.15, 0.2) is 12.1 Å². The van der Waals surface area contributed by atoms with Gasteiger partial charge in [-0.1, -0.05) is 11.6 Å². The van der Waals surface area contributed by atoms with Crippen LogP contribution in [-0.2, 0) is 4.74 Å². The molecule has 1 aromatic heterocycles. The normalized spacial score (nSPS) is 15.1. The summed E-state index contributed by atoms with van der Waals surface area (Å²) in [5.41, 5.74) is 3.69. The lowest BCUT2D eigenvalue weighted by Crippen LogP contribution is -2.03. The number of carbonyl (C=O) groups excluding carboxylic acids is 1. The van der Waals surface area contributed by atoms with Crippen LogP contribution >= 0.6 is 11.6 Å². The Morgan fingerprint density at radius 2 is 2.17 bits per heavy atom. The molecule has 1 aliphatic carbocycles. The number of benzene rings is 1. The Bertz CT molecular complexity index is 641. The largest absolute Gasteiger partial charge is 0.465 e. The summed E-state index contributed by atoms with van der Waals surface area (Å²) in [6, 6.07) is 3.73. The molecule has 18 heavy (non-hydrogen) atoms. The molecule has 1 N–H and O–H groups in total. The fourth-order valence-corrected chi connectivity index (χ4v) is 2.72. The van der Waals surface area contributed by atoms with Gasteiger partial charge in [0.25, 0.3) is 0 Å². The molecule has 1 heterocycles. The molecule has 2 aromatic rings. The molecule has 1 saturated carbocycles. The van der Waals surface area contributed by atoms with Gasteiger partial charge in [0.15, 0.2) is 0 Å². The molecule has 0 spiro atoms. The summed E-state index contributed by atoms with van der Waals surface area (Å²) in [7, 11) is 1.41. The Labute approximate surface area is 110 Å². The second-order valence-corrected chi connectivity index (χ2v) is 5.26. The van der Waals surface area contributed by atoms with E-state index in [-0.39, 0.29) is 5.97 Å². The summed E-state index contributed by atoms with van der Waals surface area (Å²) in [5, 5.41) is 1.51. The summed E-state index contributed by atoms with van der Waals surface area (Å²) < 4.78 is 4.90. The molecule has 1 aliphatic rings. The van der Waals surface area contributed by atoms with Gasteiger partial charge in [0, 0.05) is 21.6 Å². The van der Waals surface area contributed by atoms with Crippen LogP contribution in [0.25, 0.3) is 10.9 Å². The van der Waals surface area contributed by atoms with E-state index in [1.165, 1.54) is 7.11 Å². The van der Waals surface area contributed by atoms with Crippen LogP contribution in [0, 0.1) is 6.92 Å². The summed E-state index contributed by atoms with van der Waals surface area (Å²) in [4.78, 5) is 15.4. The molecule has 0 aliphatic heterocycles. The smallest absolute Gasteiger partial charge is 0.340 e. The number of aromatic amines is 1. The molecule has 0 unspecified atom stereocenters. The first-order valence-electron chi connectivity index (χ1n) is 6.02. The second kappa shape index (κ2) is 4.02. The van der Waals surface area contributed by atoms with E-state index in [4.69, 9.17) is 16.3 Å². The first-order valence-corrected chi connectivity index (χ1v) is 6.39. The fourth-order valence-electron chi connectivity index (χ4n) is 2.45. The summed E-state index contributed by atoms with van der Waals surface area (Å²) in [5.74, 6) is 0.175. The average Bonchev–Trinajstić information content (AvgIpc) is 3.10. The molecule has 0 amide bonds. The fraction of sp³-hybridized carbons (Fsp3) is 0.357. The van der Waals surface area contributed by atoms with Crippen molar-refractivity contribution in [2.24, 2.45) is 0 Å². The minimum absolute atomic E-state index is 0.287. The number of ether oxygens (including phenoxy) is 1. The molecular weight excluding hydrogens is 250 g/mol. The Balaban J connectivity index is 2.33. The van der Waals surface area contributed by atoms with E-state index in [1.54, 1.807) is 0 Å². The van der Waals surface area contributed by atoms with E-state index in [9.17, 15) is 4.79 Å². The van der Waals surface area contributed by atoms with Gasteiger partial charge in [-0.25, -0.2) is 4.79 Å². The molecule has 1 aromatic carbocycles. The zero-order chi connectivity index (χ0) is 12.9. The molecule has 4 heteroatoms. The van der Waals surface area contributed by atoms with Gasteiger partial charge < -0.3 is 9.72 Å². The quantitative estimate of drug-likeness (QED) is 0.838. The summed E-state index contributed by atoms with van der Waals surface area (Å²) in [6.45, 7) is 1.99. The van der Waals surface area contributed by atoms with Crippen molar-refractivity contribution >= 4 is 28.5 Å². The standard InChI is InChI=1S/C14H14ClNO2/c1-7-5-9(15)6-10-11(14(17)18-2)13(8-3-4-8)16-12(7)10/h5-6,8,16H,3-4H2,1-2H3. The minimum Gasteiger partial charge on any atom is -0.465 e. The van der Waals surface area contributed by atoms with Gasteiger partial charge in [-0.15, -0.1) is 0 Å². The van der Waals surface area contributed by atoms with Gasteiger partial charge in [0.1, 0.15) is 0 Å². The van der Waals surface area contributed by atoms with Crippen LogP contribution in [0.3, 0.4) is 0 Å². The number of aryl methyl sites for hydroxylation is 1. The lowest BCUT2D eigenvalue weighted by molar-refractivity contribution is 0.0601. The molecule has 94 valence electrons. The average molecular weight is 264 g/mol. The first kappa shape index (κ1) is 11.6. The third-order valence-electron chi connectivity index (χ3n) is 3.47. The predicted molar refractivity (Wildman–Crippen MR) is 71.4 cm³/mol. The van der Waals surface area contributed by atoms with E-state index in [0.29, 0.717) is 16.5 Å². The number of rotatable bonds is 2. The van der Waals surface area contributed by atoms with E-state index in [1.807, 2.05) is 19.1 Å². The van der Waals surface area contributed by atoms with Gasteiger partial charge in [0.2, 0.25) is 0 Å². The molecule has 0 atom stereocenters. The van der Waals surface area contributed by atoms with Crippen molar-refractivity contribution in [1.29, 1.82) is 0 Å². The number of H-pyrrole nitrogens is 1. The number of methoxy groups -OCH3 is 1. The van der Waals surface area contributed by atoms with Gasteiger partial charge >= 0.3 is 5.97 Å². The van der Waals surface area contributed by atoms with Crippen LogP contribution in [0.5, 0.6) is 0 Å². The second-order valence-electron chi connectivity index (χ2n) is 4.82. The molecule has 1 fully saturated rings. The predicted octanol–water partition coefficient (Wildman–Crippen LogP) is 3.79. The molecule has 0 bridgehead atoms. The molecule has 3 rings (SSSR count). The lowest BCUT2D eigenvalue weighted by atomic mass is 10.1. The van der Waals surface area contributed by atoms with Crippen molar-refractivity contribution in [1.82, 2.24) is 4.98 Å². The SMILES string of the molecule is COC(=O)c1c(C2CC2)[nH]c2c(C)cc(Cl)cc12.